The Hall–Kier alpha value is -1.36. The molecule has 0 spiro atoms. The summed E-state index contributed by atoms with van der Waals surface area (Å²) in [6.45, 7) is 7.44. The SMILES string of the molecule is Cc1cc(C)c(NC(=O)CN2CCc3sccc3[C@@H]2C)c(Cl)c1. The molecule has 1 aromatic carbocycles. The van der Waals surface area contributed by atoms with Crippen LogP contribution in [0.1, 0.15) is 34.5 Å². The Morgan fingerprint density at radius 2 is 2.22 bits per heavy atom. The number of benzene rings is 1. The summed E-state index contributed by atoms with van der Waals surface area (Å²) in [5.74, 6) is -0.00983. The number of halogens is 1. The van der Waals surface area contributed by atoms with E-state index >= 15 is 0 Å². The van der Waals surface area contributed by atoms with Crippen molar-refractivity contribution in [2.24, 2.45) is 0 Å². The van der Waals surface area contributed by atoms with Gasteiger partial charge in [0, 0.05) is 17.5 Å². The zero-order valence-electron chi connectivity index (χ0n) is 13.6. The van der Waals surface area contributed by atoms with Gasteiger partial charge in [-0.1, -0.05) is 17.7 Å². The number of nitrogens with one attached hydrogen (secondary N) is 1. The molecule has 0 saturated heterocycles. The van der Waals surface area contributed by atoms with Crippen molar-refractivity contribution in [2.45, 2.75) is 33.2 Å². The highest BCUT2D eigenvalue weighted by Gasteiger charge is 2.26. The highest BCUT2D eigenvalue weighted by atomic mass is 35.5. The van der Waals surface area contributed by atoms with Crippen LogP contribution in [0.5, 0.6) is 0 Å². The first-order valence-electron chi connectivity index (χ1n) is 7.82. The molecule has 1 amide bonds. The molecule has 0 aliphatic carbocycles. The van der Waals surface area contributed by atoms with E-state index in [0.29, 0.717) is 11.6 Å². The molecular weight excluding hydrogens is 328 g/mol. The van der Waals surface area contributed by atoms with Gasteiger partial charge in [0.2, 0.25) is 5.91 Å². The second-order valence-corrected chi connectivity index (χ2v) is 7.59. The first-order valence-corrected chi connectivity index (χ1v) is 9.08. The van der Waals surface area contributed by atoms with E-state index in [1.54, 1.807) is 0 Å². The minimum absolute atomic E-state index is 0.00983. The molecule has 3 rings (SSSR count). The molecule has 2 heterocycles. The van der Waals surface area contributed by atoms with Crippen LogP contribution in [0, 0.1) is 13.8 Å². The van der Waals surface area contributed by atoms with Gasteiger partial charge in [0.25, 0.3) is 0 Å². The van der Waals surface area contributed by atoms with Gasteiger partial charge in [-0.2, -0.15) is 0 Å². The maximum atomic E-state index is 12.5. The maximum Gasteiger partial charge on any atom is 0.238 e. The highest BCUT2D eigenvalue weighted by Crippen LogP contribution is 2.33. The van der Waals surface area contributed by atoms with Crippen molar-refractivity contribution in [3.63, 3.8) is 0 Å². The Morgan fingerprint density at radius 1 is 1.43 bits per heavy atom. The van der Waals surface area contributed by atoms with Gasteiger partial charge >= 0.3 is 0 Å². The minimum atomic E-state index is -0.00983. The van der Waals surface area contributed by atoms with Crippen LogP contribution in [-0.2, 0) is 11.2 Å². The lowest BCUT2D eigenvalue weighted by Crippen LogP contribution is -2.39. The lowest BCUT2D eigenvalue weighted by Gasteiger charge is -2.33. The predicted molar refractivity (Wildman–Crippen MR) is 97.6 cm³/mol. The molecule has 5 heteroatoms. The van der Waals surface area contributed by atoms with Gasteiger partial charge in [-0.25, -0.2) is 0 Å². The van der Waals surface area contributed by atoms with E-state index in [0.717, 1.165) is 29.8 Å². The molecule has 0 radical (unpaired) electrons. The predicted octanol–water partition coefficient (Wildman–Crippen LogP) is 4.58. The van der Waals surface area contributed by atoms with Crippen molar-refractivity contribution in [3.8, 4) is 0 Å². The Balaban J connectivity index is 1.69. The van der Waals surface area contributed by atoms with Crippen molar-refractivity contribution in [2.75, 3.05) is 18.4 Å². The number of rotatable bonds is 3. The van der Waals surface area contributed by atoms with E-state index in [2.05, 4.69) is 28.6 Å². The number of thiophene rings is 1. The van der Waals surface area contributed by atoms with Crippen molar-refractivity contribution in [3.05, 3.63) is 50.2 Å². The van der Waals surface area contributed by atoms with Crippen LogP contribution in [0.15, 0.2) is 23.6 Å². The van der Waals surface area contributed by atoms with Crippen molar-refractivity contribution < 1.29 is 4.79 Å². The number of nitrogens with zero attached hydrogens (tertiary/aromatic N) is 1. The number of amides is 1. The molecule has 1 atom stereocenters. The summed E-state index contributed by atoms with van der Waals surface area (Å²) in [4.78, 5) is 16.1. The quantitative estimate of drug-likeness (QED) is 0.880. The van der Waals surface area contributed by atoms with Crippen molar-refractivity contribution in [1.29, 1.82) is 0 Å². The van der Waals surface area contributed by atoms with E-state index in [1.165, 1.54) is 10.4 Å². The smallest absolute Gasteiger partial charge is 0.238 e. The molecule has 1 aliphatic heterocycles. The number of hydrogen-bond donors (Lipinski definition) is 1. The van der Waals surface area contributed by atoms with Crippen LogP contribution in [0.25, 0.3) is 0 Å². The zero-order chi connectivity index (χ0) is 16.6. The molecule has 0 fully saturated rings. The average molecular weight is 349 g/mol. The second kappa shape index (κ2) is 6.63. The fourth-order valence-corrected chi connectivity index (χ4v) is 4.55. The Bertz CT molecular complexity index is 717. The first-order chi connectivity index (χ1) is 11.0. The van der Waals surface area contributed by atoms with Gasteiger partial charge in [0.05, 0.1) is 17.3 Å². The van der Waals surface area contributed by atoms with E-state index in [-0.39, 0.29) is 11.9 Å². The van der Waals surface area contributed by atoms with Gasteiger partial charge in [0.1, 0.15) is 0 Å². The van der Waals surface area contributed by atoms with Crippen LogP contribution in [0.2, 0.25) is 5.02 Å². The maximum absolute atomic E-state index is 12.5. The van der Waals surface area contributed by atoms with Crippen LogP contribution < -0.4 is 5.32 Å². The van der Waals surface area contributed by atoms with E-state index in [9.17, 15) is 4.79 Å². The summed E-state index contributed by atoms with van der Waals surface area (Å²) < 4.78 is 0. The number of carbonyl (C=O) groups is 1. The molecular formula is C18H21ClN2OS. The molecule has 0 bridgehead atoms. The van der Waals surface area contributed by atoms with E-state index < -0.39 is 0 Å². The lowest BCUT2D eigenvalue weighted by molar-refractivity contribution is -0.117. The van der Waals surface area contributed by atoms with Gasteiger partial charge in [-0.05, 0) is 61.4 Å². The van der Waals surface area contributed by atoms with Crippen LogP contribution in [0.3, 0.4) is 0 Å². The standard InChI is InChI=1S/C18H21ClN2OS/c1-11-8-12(2)18(15(19)9-11)20-17(22)10-21-6-4-16-14(13(21)3)5-7-23-16/h5,7-9,13H,4,6,10H2,1-3H3,(H,20,22)/t13-/m0/s1. The van der Waals surface area contributed by atoms with Crippen molar-refractivity contribution in [1.82, 2.24) is 4.90 Å². The first kappa shape index (κ1) is 16.5. The molecule has 0 unspecified atom stereocenters. The van der Waals surface area contributed by atoms with E-state index in [4.69, 9.17) is 11.6 Å². The monoisotopic (exact) mass is 348 g/mol. The normalized spacial score (nSPS) is 17.8. The summed E-state index contributed by atoms with van der Waals surface area (Å²) in [5, 5.41) is 5.72. The summed E-state index contributed by atoms with van der Waals surface area (Å²) in [7, 11) is 0. The number of aryl methyl sites for hydroxylation is 2. The van der Waals surface area contributed by atoms with Gasteiger partial charge < -0.3 is 5.32 Å². The summed E-state index contributed by atoms with van der Waals surface area (Å²) in [5.41, 5.74) is 4.18. The molecule has 122 valence electrons. The molecule has 1 aromatic heterocycles. The summed E-state index contributed by atoms with van der Waals surface area (Å²) >= 11 is 8.09. The molecule has 23 heavy (non-hydrogen) atoms. The average Bonchev–Trinajstić information content (AvgIpc) is 2.95. The number of hydrogen-bond acceptors (Lipinski definition) is 3. The van der Waals surface area contributed by atoms with Crippen LogP contribution in [-0.4, -0.2) is 23.9 Å². The highest BCUT2D eigenvalue weighted by molar-refractivity contribution is 7.10. The van der Waals surface area contributed by atoms with E-state index in [1.807, 2.05) is 37.3 Å². The molecule has 3 nitrogen and oxygen atoms in total. The third kappa shape index (κ3) is 3.44. The Labute approximate surface area is 146 Å². The fraction of sp³-hybridized carbons (Fsp3) is 0.389. The van der Waals surface area contributed by atoms with Crippen LogP contribution in [0.4, 0.5) is 5.69 Å². The second-order valence-electron chi connectivity index (χ2n) is 6.18. The third-order valence-corrected chi connectivity index (χ3v) is 5.74. The Kier molecular flexibility index (Phi) is 4.76. The number of fused-ring (bicyclic) bond motifs is 1. The van der Waals surface area contributed by atoms with Crippen LogP contribution >= 0.6 is 22.9 Å². The molecule has 1 aliphatic rings. The minimum Gasteiger partial charge on any atom is -0.323 e. The third-order valence-electron chi connectivity index (χ3n) is 4.45. The Morgan fingerprint density at radius 3 is 2.96 bits per heavy atom. The van der Waals surface area contributed by atoms with Gasteiger partial charge in [0.15, 0.2) is 0 Å². The zero-order valence-corrected chi connectivity index (χ0v) is 15.2. The van der Waals surface area contributed by atoms with Gasteiger partial charge in [-0.15, -0.1) is 11.3 Å². The fourth-order valence-electron chi connectivity index (χ4n) is 3.21. The number of carbonyl (C=O) groups excluding carboxylic acids is 1. The topological polar surface area (TPSA) is 32.3 Å². The molecule has 1 N–H and O–H groups in total. The van der Waals surface area contributed by atoms with Crippen molar-refractivity contribution >= 4 is 34.5 Å². The molecule has 2 aromatic rings. The molecule has 0 saturated carbocycles. The lowest BCUT2D eigenvalue weighted by atomic mass is 10.0. The summed E-state index contributed by atoms with van der Waals surface area (Å²) in [6, 6.07) is 6.37. The largest absolute Gasteiger partial charge is 0.323 e. The summed E-state index contributed by atoms with van der Waals surface area (Å²) in [6.07, 6.45) is 1.02. The van der Waals surface area contributed by atoms with Gasteiger partial charge in [-0.3, -0.25) is 9.69 Å². The number of anilines is 1.